The van der Waals surface area contributed by atoms with E-state index in [1.807, 2.05) is 67.5 Å². The fourth-order valence-electron chi connectivity index (χ4n) is 5.83. The van der Waals surface area contributed by atoms with Gasteiger partial charge in [0.2, 0.25) is 0 Å². The van der Waals surface area contributed by atoms with Gasteiger partial charge in [0.25, 0.3) is 0 Å². The number of fused-ring (bicyclic) bond motifs is 4. The summed E-state index contributed by atoms with van der Waals surface area (Å²) in [5.74, 6) is 2.00. The largest absolute Gasteiger partial charge is 0.457 e. The van der Waals surface area contributed by atoms with Crippen LogP contribution in [0.1, 0.15) is 69.1 Å². The molecular weight excluding hydrogens is 418 g/mol. The van der Waals surface area contributed by atoms with Gasteiger partial charge in [0, 0.05) is 34.7 Å². The predicted molar refractivity (Wildman–Crippen MR) is 124 cm³/mol. The van der Waals surface area contributed by atoms with Crippen LogP contribution in [0.25, 0.3) is 0 Å². The Labute approximate surface area is 194 Å². The molecule has 0 aliphatic carbocycles. The zero-order valence-corrected chi connectivity index (χ0v) is 19.3. The average Bonchev–Trinajstić information content (AvgIpc) is 3.05. The molecule has 7 heteroatoms. The molecular formula is C26H31N3O4. The zero-order chi connectivity index (χ0) is 23.3. The van der Waals surface area contributed by atoms with Gasteiger partial charge in [-0.3, -0.25) is 16.1 Å². The Morgan fingerprint density at radius 3 is 2.42 bits per heavy atom. The molecule has 3 heterocycles. The highest BCUT2D eigenvalue weighted by Crippen LogP contribution is 2.53. The molecule has 2 bridgehead atoms. The molecule has 3 aliphatic rings. The number of hydrogen-bond donors (Lipinski definition) is 3. The van der Waals surface area contributed by atoms with Crippen molar-refractivity contribution in [1.82, 2.24) is 10.4 Å². The van der Waals surface area contributed by atoms with E-state index in [0.29, 0.717) is 11.5 Å². The Kier molecular flexibility index (Phi) is 5.32. The number of hydroxylamine groups is 1. The Morgan fingerprint density at radius 1 is 1.09 bits per heavy atom. The van der Waals surface area contributed by atoms with Crippen LogP contribution in [-0.2, 0) is 4.74 Å². The van der Waals surface area contributed by atoms with Crippen LogP contribution in [0.15, 0.2) is 42.5 Å². The highest BCUT2D eigenvalue weighted by atomic mass is 16.6. The van der Waals surface area contributed by atoms with Gasteiger partial charge >= 0.3 is 6.09 Å². The zero-order valence-electron chi connectivity index (χ0n) is 19.3. The van der Waals surface area contributed by atoms with E-state index in [0.717, 1.165) is 42.7 Å². The standard InChI is InChI=1S/C26H31N3O4/c1-26(2,3)33-25(30)29-17-9-10-18(29)13-16(12-17)23-19-6-4-5-7-21(19)32-22-14-15(24(27)28-31)8-11-20(22)23/h4-8,11,14,16-18,23,31H,9-10,12-13H2,1-3H3,(H2,27,28). The van der Waals surface area contributed by atoms with Crippen LogP contribution < -0.4 is 10.2 Å². The summed E-state index contributed by atoms with van der Waals surface area (Å²) >= 11 is 0. The third-order valence-corrected chi connectivity index (χ3v) is 7.07. The lowest BCUT2D eigenvalue weighted by molar-refractivity contribution is 0.000982. The van der Waals surface area contributed by atoms with E-state index in [4.69, 9.17) is 20.1 Å². The lowest BCUT2D eigenvalue weighted by atomic mass is 9.72. The highest BCUT2D eigenvalue weighted by Gasteiger charge is 2.48. The Hall–Kier alpha value is -3.06. The molecule has 0 spiro atoms. The second-order valence-corrected chi connectivity index (χ2v) is 10.4. The van der Waals surface area contributed by atoms with Crippen LogP contribution >= 0.6 is 0 Å². The first-order valence-corrected chi connectivity index (χ1v) is 11.7. The normalized spacial score (nSPS) is 25.5. The maximum absolute atomic E-state index is 12.9. The smallest absolute Gasteiger partial charge is 0.410 e. The molecule has 33 heavy (non-hydrogen) atoms. The van der Waals surface area contributed by atoms with Gasteiger partial charge in [0.05, 0.1) is 0 Å². The van der Waals surface area contributed by atoms with Gasteiger partial charge in [-0.15, -0.1) is 0 Å². The number of hydrogen-bond acceptors (Lipinski definition) is 5. The molecule has 2 aromatic carbocycles. The second-order valence-electron chi connectivity index (χ2n) is 10.4. The molecule has 174 valence electrons. The Morgan fingerprint density at radius 2 is 1.76 bits per heavy atom. The minimum Gasteiger partial charge on any atom is -0.457 e. The van der Waals surface area contributed by atoms with Crippen LogP contribution in [0.3, 0.4) is 0 Å². The quantitative estimate of drug-likeness (QED) is 0.324. The molecule has 3 atom stereocenters. The van der Waals surface area contributed by atoms with E-state index in [-0.39, 0.29) is 29.9 Å². The summed E-state index contributed by atoms with van der Waals surface area (Å²) in [5, 5.41) is 17.1. The molecule has 7 nitrogen and oxygen atoms in total. The fraction of sp³-hybridized carbons (Fsp3) is 0.462. The first-order chi connectivity index (χ1) is 15.7. The van der Waals surface area contributed by atoms with Gasteiger partial charge < -0.3 is 14.4 Å². The molecule has 1 amide bonds. The second kappa shape index (κ2) is 8.06. The lowest BCUT2D eigenvalue weighted by Gasteiger charge is -2.43. The third-order valence-electron chi connectivity index (χ3n) is 7.07. The number of carbonyl (C=O) groups is 1. The van der Waals surface area contributed by atoms with Crippen molar-refractivity contribution in [3.8, 4) is 11.5 Å². The summed E-state index contributed by atoms with van der Waals surface area (Å²) in [5.41, 5.74) is 4.24. The summed E-state index contributed by atoms with van der Waals surface area (Å²) < 4.78 is 11.9. The third kappa shape index (κ3) is 3.95. The monoisotopic (exact) mass is 449 g/mol. The van der Waals surface area contributed by atoms with Crippen molar-refractivity contribution < 1.29 is 19.5 Å². The molecule has 2 fully saturated rings. The lowest BCUT2D eigenvalue weighted by Crippen LogP contribution is -2.49. The Balaban J connectivity index is 1.47. The number of carbonyl (C=O) groups excluding carboxylic acids is 1. The minimum absolute atomic E-state index is 0.0690. The molecule has 0 radical (unpaired) electrons. The van der Waals surface area contributed by atoms with Crippen molar-refractivity contribution in [2.45, 2.75) is 70.1 Å². The summed E-state index contributed by atoms with van der Waals surface area (Å²) in [6, 6.07) is 14.2. The molecule has 0 aromatic heterocycles. The van der Waals surface area contributed by atoms with E-state index in [9.17, 15) is 4.79 Å². The average molecular weight is 450 g/mol. The van der Waals surface area contributed by atoms with Crippen LogP contribution in [0.5, 0.6) is 11.5 Å². The maximum Gasteiger partial charge on any atom is 0.410 e. The van der Waals surface area contributed by atoms with Crippen molar-refractivity contribution in [1.29, 1.82) is 5.41 Å². The molecule has 0 saturated carbocycles. The van der Waals surface area contributed by atoms with E-state index in [1.165, 1.54) is 5.56 Å². The summed E-state index contributed by atoms with van der Waals surface area (Å²) in [4.78, 5) is 14.9. The van der Waals surface area contributed by atoms with Crippen molar-refractivity contribution >= 4 is 11.9 Å². The number of amides is 1. The van der Waals surface area contributed by atoms with Gasteiger partial charge in [-0.2, -0.15) is 0 Å². The number of amidine groups is 1. The van der Waals surface area contributed by atoms with Crippen molar-refractivity contribution in [2.75, 3.05) is 0 Å². The predicted octanol–water partition coefficient (Wildman–Crippen LogP) is 5.41. The van der Waals surface area contributed by atoms with Gasteiger partial charge in [0.15, 0.2) is 0 Å². The van der Waals surface area contributed by atoms with Crippen LogP contribution in [0, 0.1) is 11.3 Å². The number of ether oxygens (including phenoxy) is 2. The SMILES string of the molecule is CC(C)(C)OC(=O)N1C2CCC1CC(C1c3ccccc3Oc3cc(C(=N)NO)ccc31)C2. The summed E-state index contributed by atoms with van der Waals surface area (Å²) in [6.45, 7) is 5.74. The fourth-order valence-corrected chi connectivity index (χ4v) is 5.83. The van der Waals surface area contributed by atoms with E-state index in [1.54, 1.807) is 0 Å². The number of para-hydroxylation sites is 1. The van der Waals surface area contributed by atoms with Crippen LogP contribution in [-0.4, -0.2) is 39.7 Å². The molecule has 3 aliphatic heterocycles. The number of rotatable bonds is 2. The Bertz CT molecular complexity index is 1080. The number of nitrogens with one attached hydrogen (secondary N) is 2. The van der Waals surface area contributed by atoms with Crippen LogP contribution in [0.4, 0.5) is 4.79 Å². The summed E-state index contributed by atoms with van der Waals surface area (Å²) in [6.07, 6.45) is 3.67. The number of nitrogens with zero attached hydrogens (tertiary/aromatic N) is 1. The summed E-state index contributed by atoms with van der Waals surface area (Å²) in [7, 11) is 0. The molecule has 2 aromatic rings. The minimum atomic E-state index is -0.499. The van der Waals surface area contributed by atoms with Crippen molar-refractivity contribution in [3.05, 3.63) is 59.2 Å². The molecule has 2 saturated heterocycles. The molecule has 3 unspecified atom stereocenters. The first kappa shape index (κ1) is 21.8. The molecule has 3 N–H and O–H groups in total. The topological polar surface area (TPSA) is 94.9 Å². The van der Waals surface area contributed by atoms with Crippen molar-refractivity contribution in [3.63, 3.8) is 0 Å². The number of piperidine rings is 1. The van der Waals surface area contributed by atoms with Crippen LogP contribution in [0.2, 0.25) is 0 Å². The first-order valence-electron chi connectivity index (χ1n) is 11.7. The van der Waals surface area contributed by atoms with Gasteiger partial charge in [-0.25, -0.2) is 4.79 Å². The highest BCUT2D eigenvalue weighted by molar-refractivity contribution is 5.96. The van der Waals surface area contributed by atoms with Gasteiger partial charge in [0.1, 0.15) is 22.9 Å². The van der Waals surface area contributed by atoms with Crippen molar-refractivity contribution in [2.24, 2.45) is 5.92 Å². The van der Waals surface area contributed by atoms with E-state index in [2.05, 4.69) is 6.07 Å². The maximum atomic E-state index is 12.9. The number of benzene rings is 2. The van der Waals surface area contributed by atoms with Gasteiger partial charge in [-0.1, -0.05) is 30.3 Å². The van der Waals surface area contributed by atoms with E-state index >= 15 is 0 Å². The van der Waals surface area contributed by atoms with E-state index < -0.39 is 5.60 Å². The molecule has 5 rings (SSSR count). The van der Waals surface area contributed by atoms with Gasteiger partial charge in [-0.05, 0) is 64.5 Å².